The molecule has 0 aliphatic rings. The van der Waals surface area contributed by atoms with Crippen molar-refractivity contribution in [1.29, 1.82) is 0 Å². The lowest BCUT2D eigenvalue weighted by molar-refractivity contribution is -0.139. The number of carboxylic acid groups (broad SMARTS) is 1. The largest absolute Gasteiger partial charge is 0.480 e. The molecule has 144 valence electrons. The Hall–Kier alpha value is -3.48. The highest BCUT2D eigenvalue weighted by molar-refractivity contribution is 6.05. The molecule has 0 bridgehead atoms. The summed E-state index contributed by atoms with van der Waals surface area (Å²) in [6.07, 6.45) is 0.143. The third-order valence-electron chi connectivity index (χ3n) is 4.42. The zero-order chi connectivity index (χ0) is 20.3. The highest BCUT2D eigenvalue weighted by atomic mass is 16.4. The fraction of sp³-hybridized carbons (Fsp3) is 0.238. The smallest absolute Gasteiger partial charge is 0.326 e. The Kier molecular flexibility index (Phi) is 5.54. The zero-order valence-electron chi connectivity index (χ0n) is 15.6. The van der Waals surface area contributed by atoms with Gasteiger partial charge in [-0.05, 0) is 25.5 Å². The molecule has 0 spiro atoms. The highest BCUT2D eigenvalue weighted by Crippen LogP contribution is 2.15. The van der Waals surface area contributed by atoms with Crippen molar-refractivity contribution < 1.29 is 14.7 Å². The summed E-state index contributed by atoms with van der Waals surface area (Å²) in [5, 5.41) is 17.1. The van der Waals surface area contributed by atoms with Gasteiger partial charge in [-0.15, -0.1) is 0 Å². The zero-order valence-corrected chi connectivity index (χ0v) is 15.6. The summed E-state index contributed by atoms with van der Waals surface area (Å²) in [5.74, 6) is -1.77. The molecule has 2 aromatic carbocycles. The Morgan fingerprint density at radius 1 is 1.04 bits per heavy atom. The van der Waals surface area contributed by atoms with E-state index in [-0.39, 0.29) is 23.7 Å². The fourth-order valence-corrected chi connectivity index (χ4v) is 3.00. The number of hydrogen-bond acceptors (Lipinski definition) is 4. The lowest BCUT2D eigenvalue weighted by Crippen LogP contribution is -2.43. The van der Waals surface area contributed by atoms with Gasteiger partial charge in [-0.2, -0.15) is 5.10 Å². The lowest BCUT2D eigenvalue weighted by Gasteiger charge is -2.17. The van der Waals surface area contributed by atoms with Crippen molar-refractivity contribution in [3.05, 3.63) is 76.2 Å². The summed E-state index contributed by atoms with van der Waals surface area (Å²) < 4.78 is 1.24. The molecule has 7 nitrogen and oxygen atoms in total. The second-order valence-electron chi connectivity index (χ2n) is 6.79. The van der Waals surface area contributed by atoms with Crippen LogP contribution < -0.4 is 10.9 Å². The van der Waals surface area contributed by atoms with Crippen molar-refractivity contribution in [2.24, 2.45) is 0 Å². The average Bonchev–Trinajstić information content (AvgIpc) is 2.68. The van der Waals surface area contributed by atoms with Crippen molar-refractivity contribution in [2.75, 3.05) is 0 Å². The van der Waals surface area contributed by atoms with E-state index >= 15 is 0 Å². The third kappa shape index (κ3) is 3.93. The molecule has 0 radical (unpaired) electrons. The minimum Gasteiger partial charge on any atom is -0.480 e. The van der Waals surface area contributed by atoms with Gasteiger partial charge in [0.1, 0.15) is 6.04 Å². The predicted octanol–water partition coefficient (Wildman–Crippen LogP) is 2.40. The van der Waals surface area contributed by atoms with Crippen LogP contribution in [0.4, 0.5) is 0 Å². The molecule has 0 saturated heterocycles. The molecule has 0 aliphatic carbocycles. The monoisotopic (exact) mass is 379 g/mol. The molecule has 0 fully saturated rings. The first-order valence-electron chi connectivity index (χ1n) is 8.97. The van der Waals surface area contributed by atoms with Crippen molar-refractivity contribution >= 4 is 22.6 Å². The van der Waals surface area contributed by atoms with E-state index < -0.39 is 17.9 Å². The molecule has 3 rings (SSSR count). The molecule has 1 aromatic heterocycles. The van der Waals surface area contributed by atoms with Crippen LogP contribution >= 0.6 is 0 Å². The maximum absolute atomic E-state index is 12.9. The average molecular weight is 379 g/mol. The van der Waals surface area contributed by atoms with E-state index in [2.05, 4.69) is 10.4 Å². The first-order chi connectivity index (χ1) is 13.4. The van der Waals surface area contributed by atoms with Crippen LogP contribution in [0.25, 0.3) is 10.8 Å². The van der Waals surface area contributed by atoms with Gasteiger partial charge in [-0.1, -0.05) is 48.5 Å². The van der Waals surface area contributed by atoms with Crippen LogP contribution in [0, 0.1) is 0 Å². The van der Waals surface area contributed by atoms with E-state index in [1.807, 2.05) is 18.2 Å². The van der Waals surface area contributed by atoms with Gasteiger partial charge in [0.15, 0.2) is 5.69 Å². The van der Waals surface area contributed by atoms with E-state index in [4.69, 9.17) is 0 Å². The Morgan fingerprint density at radius 3 is 2.25 bits per heavy atom. The van der Waals surface area contributed by atoms with Crippen molar-refractivity contribution in [3.63, 3.8) is 0 Å². The number of aliphatic carboxylic acids is 1. The van der Waals surface area contributed by atoms with Crippen molar-refractivity contribution in [2.45, 2.75) is 32.4 Å². The van der Waals surface area contributed by atoms with Crippen LogP contribution in [0.2, 0.25) is 0 Å². The number of carbonyl (C=O) groups excluding carboxylic acids is 1. The van der Waals surface area contributed by atoms with Crippen molar-refractivity contribution in [1.82, 2.24) is 15.1 Å². The summed E-state index contributed by atoms with van der Waals surface area (Å²) >= 11 is 0. The molecule has 7 heteroatoms. The molecule has 0 unspecified atom stereocenters. The van der Waals surface area contributed by atoms with E-state index in [1.165, 1.54) is 4.68 Å². The van der Waals surface area contributed by atoms with Crippen molar-refractivity contribution in [3.8, 4) is 0 Å². The Balaban J connectivity index is 1.99. The normalized spacial score (nSPS) is 12.1. The lowest BCUT2D eigenvalue weighted by atomic mass is 10.1. The molecule has 0 aliphatic heterocycles. The summed E-state index contributed by atoms with van der Waals surface area (Å²) in [5.41, 5.74) is 0.532. The number of carbonyl (C=O) groups is 2. The number of nitrogens with zero attached hydrogens (tertiary/aromatic N) is 2. The van der Waals surface area contributed by atoms with Crippen LogP contribution in [0.1, 0.15) is 35.9 Å². The third-order valence-corrected chi connectivity index (χ3v) is 4.42. The summed E-state index contributed by atoms with van der Waals surface area (Å²) in [6, 6.07) is 14.4. The van der Waals surface area contributed by atoms with E-state index in [1.54, 1.807) is 50.2 Å². The van der Waals surface area contributed by atoms with Crippen LogP contribution in [0.15, 0.2) is 59.4 Å². The minimum atomic E-state index is -1.14. The SMILES string of the molecule is CC(C)n1nc(C(=O)N[C@@H](Cc2ccccc2)C(=O)O)c2ccccc2c1=O. The number of fused-ring (bicyclic) bond motifs is 1. The number of benzene rings is 2. The van der Waals surface area contributed by atoms with Crippen LogP contribution in [0.5, 0.6) is 0 Å². The summed E-state index contributed by atoms with van der Waals surface area (Å²) in [6.45, 7) is 3.58. The molecule has 28 heavy (non-hydrogen) atoms. The Bertz CT molecular complexity index is 1070. The molecule has 1 amide bonds. The number of hydrogen-bond donors (Lipinski definition) is 2. The van der Waals surface area contributed by atoms with Gasteiger partial charge < -0.3 is 10.4 Å². The van der Waals surface area contributed by atoms with Gasteiger partial charge in [-0.25, -0.2) is 9.48 Å². The number of rotatable bonds is 6. The van der Waals surface area contributed by atoms with E-state index in [9.17, 15) is 19.5 Å². The minimum absolute atomic E-state index is 0.0308. The number of aromatic nitrogens is 2. The molecule has 1 heterocycles. The molecule has 0 saturated carbocycles. The second kappa shape index (κ2) is 8.04. The first kappa shape index (κ1) is 19.3. The van der Waals surface area contributed by atoms with Gasteiger partial charge in [0.25, 0.3) is 11.5 Å². The summed E-state index contributed by atoms with van der Waals surface area (Å²) in [7, 11) is 0. The Morgan fingerprint density at radius 2 is 1.64 bits per heavy atom. The molecular weight excluding hydrogens is 358 g/mol. The fourth-order valence-electron chi connectivity index (χ4n) is 3.00. The van der Waals surface area contributed by atoms with E-state index in [0.29, 0.717) is 10.8 Å². The molecule has 3 aromatic rings. The number of amides is 1. The van der Waals surface area contributed by atoms with Gasteiger partial charge in [0.05, 0.1) is 11.4 Å². The van der Waals surface area contributed by atoms with Gasteiger partial charge in [-0.3, -0.25) is 9.59 Å². The second-order valence-corrected chi connectivity index (χ2v) is 6.79. The molecule has 1 atom stereocenters. The van der Waals surface area contributed by atoms with Gasteiger partial charge in [0.2, 0.25) is 0 Å². The maximum Gasteiger partial charge on any atom is 0.326 e. The van der Waals surface area contributed by atoms with Gasteiger partial charge >= 0.3 is 5.97 Å². The predicted molar refractivity (Wildman–Crippen MR) is 105 cm³/mol. The Labute approximate surface area is 161 Å². The van der Waals surface area contributed by atoms with Gasteiger partial charge in [0, 0.05) is 11.8 Å². The standard InChI is InChI=1S/C21H21N3O4/c1-13(2)24-20(26)16-11-7-6-10-15(16)18(23-24)19(25)22-17(21(27)28)12-14-8-4-3-5-9-14/h3-11,13,17H,12H2,1-2H3,(H,22,25)(H,27,28)/t17-/m0/s1. The number of nitrogens with one attached hydrogen (secondary N) is 1. The molecular formula is C21H21N3O4. The maximum atomic E-state index is 12.9. The van der Waals surface area contributed by atoms with Crippen LogP contribution in [-0.4, -0.2) is 32.8 Å². The highest BCUT2D eigenvalue weighted by Gasteiger charge is 2.24. The van der Waals surface area contributed by atoms with Crippen LogP contribution in [0.3, 0.4) is 0 Å². The topological polar surface area (TPSA) is 101 Å². The molecule has 2 N–H and O–H groups in total. The number of carboxylic acids is 1. The quantitative estimate of drug-likeness (QED) is 0.685. The summed E-state index contributed by atoms with van der Waals surface area (Å²) in [4.78, 5) is 37.2. The first-order valence-corrected chi connectivity index (χ1v) is 8.97. The van der Waals surface area contributed by atoms with Crippen LogP contribution in [-0.2, 0) is 11.2 Å². The van der Waals surface area contributed by atoms with E-state index in [0.717, 1.165) is 5.56 Å².